The Morgan fingerprint density at radius 3 is 2.97 bits per heavy atom. The van der Waals surface area contributed by atoms with E-state index >= 15 is 0 Å². The van der Waals surface area contributed by atoms with Crippen LogP contribution in [0.15, 0.2) is 72.1 Å². The van der Waals surface area contributed by atoms with Crippen molar-refractivity contribution in [1.29, 1.82) is 0 Å². The van der Waals surface area contributed by atoms with Gasteiger partial charge in [0.25, 0.3) is 5.91 Å². The number of hydrogen-bond donors (Lipinski definition) is 2. The van der Waals surface area contributed by atoms with Crippen molar-refractivity contribution >= 4 is 28.7 Å². The van der Waals surface area contributed by atoms with Crippen molar-refractivity contribution in [2.45, 2.75) is 6.92 Å². The van der Waals surface area contributed by atoms with Gasteiger partial charge in [0, 0.05) is 29.0 Å². The van der Waals surface area contributed by atoms with Crippen molar-refractivity contribution in [2.75, 3.05) is 11.9 Å². The van der Waals surface area contributed by atoms with Crippen LogP contribution in [-0.4, -0.2) is 33.9 Å². The van der Waals surface area contributed by atoms with Gasteiger partial charge in [-0.25, -0.2) is 0 Å². The zero-order chi connectivity index (χ0) is 20.1. The SMILES string of the molecule is CCON=Cc1ccc2[nH]nc(-c3cccc(NC(=O)c4cccnc4)c3)c2c1. The average molecular weight is 385 g/mol. The number of amides is 1. The van der Waals surface area contributed by atoms with Crippen LogP contribution in [0.3, 0.4) is 0 Å². The lowest BCUT2D eigenvalue weighted by Crippen LogP contribution is -2.11. The summed E-state index contributed by atoms with van der Waals surface area (Å²) in [5, 5.41) is 15.3. The molecule has 2 aromatic carbocycles. The number of H-pyrrole nitrogens is 1. The highest BCUT2D eigenvalue weighted by Gasteiger charge is 2.11. The van der Waals surface area contributed by atoms with E-state index in [9.17, 15) is 4.79 Å². The molecule has 0 spiro atoms. The Balaban J connectivity index is 1.63. The third-order valence-electron chi connectivity index (χ3n) is 4.31. The van der Waals surface area contributed by atoms with Crippen LogP contribution in [0.5, 0.6) is 0 Å². The first-order chi connectivity index (χ1) is 14.2. The summed E-state index contributed by atoms with van der Waals surface area (Å²) in [5.41, 5.74) is 4.69. The van der Waals surface area contributed by atoms with E-state index in [2.05, 4.69) is 25.7 Å². The van der Waals surface area contributed by atoms with Crippen LogP contribution in [0.2, 0.25) is 0 Å². The summed E-state index contributed by atoms with van der Waals surface area (Å²) in [6, 6.07) is 16.9. The second kappa shape index (κ2) is 8.35. The monoisotopic (exact) mass is 385 g/mol. The van der Waals surface area contributed by atoms with Crippen LogP contribution in [0.25, 0.3) is 22.2 Å². The van der Waals surface area contributed by atoms with Crippen molar-refractivity contribution in [3.8, 4) is 11.3 Å². The molecule has 1 amide bonds. The van der Waals surface area contributed by atoms with E-state index < -0.39 is 0 Å². The van der Waals surface area contributed by atoms with E-state index in [1.807, 2.05) is 49.4 Å². The molecule has 0 saturated carbocycles. The van der Waals surface area contributed by atoms with Crippen LogP contribution in [0.4, 0.5) is 5.69 Å². The summed E-state index contributed by atoms with van der Waals surface area (Å²) < 4.78 is 0. The fraction of sp³-hybridized carbons (Fsp3) is 0.0909. The summed E-state index contributed by atoms with van der Waals surface area (Å²) in [6.07, 6.45) is 4.84. The van der Waals surface area contributed by atoms with Crippen LogP contribution in [0, 0.1) is 0 Å². The molecule has 0 bridgehead atoms. The molecule has 0 radical (unpaired) electrons. The molecule has 0 saturated heterocycles. The molecule has 4 aromatic rings. The van der Waals surface area contributed by atoms with Gasteiger partial charge in [0.2, 0.25) is 0 Å². The maximum atomic E-state index is 12.4. The second-order valence-electron chi connectivity index (χ2n) is 6.31. The quantitative estimate of drug-likeness (QED) is 0.383. The fourth-order valence-corrected chi connectivity index (χ4v) is 2.95. The Morgan fingerprint density at radius 1 is 1.21 bits per heavy atom. The molecule has 0 aliphatic rings. The first-order valence-electron chi connectivity index (χ1n) is 9.20. The number of oxime groups is 1. The molecule has 0 fully saturated rings. The third-order valence-corrected chi connectivity index (χ3v) is 4.31. The maximum Gasteiger partial charge on any atom is 0.257 e. The summed E-state index contributed by atoms with van der Waals surface area (Å²) in [5.74, 6) is -0.212. The molecule has 4 rings (SSSR count). The summed E-state index contributed by atoms with van der Waals surface area (Å²) in [6.45, 7) is 2.40. The molecule has 0 unspecified atom stereocenters. The van der Waals surface area contributed by atoms with Crippen molar-refractivity contribution in [2.24, 2.45) is 5.16 Å². The zero-order valence-corrected chi connectivity index (χ0v) is 15.8. The molecule has 7 nitrogen and oxygen atoms in total. The minimum Gasteiger partial charge on any atom is -0.396 e. The number of benzene rings is 2. The molecule has 2 heterocycles. The number of pyridine rings is 1. The van der Waals surface area contributed by atoms with E-state index in [0.29, 0.717) is 17.9 Å². The highest BCUT2D eigenvalue weighted by molar-refractivity contribution is 6.04. The van der Waals surface area contributed by atoms with Gasteiger partial charge >= 0.3 is 0 Å². The number of rotatable bonds is 6. The predicted octanol–water partition coefficient (Wildman–Crippen LogP) is 4.25. The topological polar surface area (TPSA) is 92.3 Å². The maximum absolute atomic E-state index is 12.4. The molecule has 0 atom stereocenters. The highest BCUT2D eigenvalue weighted by atomic mass is 16.6. The van der Waals surface area contributed by atoms with Gasteiger partial charge in [-0.15, -0.1) is 0 Å². The van der Waals surface area contributed by atoms with Crippen molar-refractivity contribution in [3.05, 3.63) is 78.1 Å². The molecular weight excluding hydrogens is 366 g/mol. The Morgan fingerprint density at radius 2 is 2.14 bits per heavy atom. The van der Waals surface area contributed by atoms with Crippen molar-refractivity contribution in [3.63, 3.8) is 0 Å². The number of carbonyl (C=O) groups excluding carboxylic acids is 1. The van der Waals surface area contributed by atoms with Gasteiger partial charge in [0.15, 0.2) is 0 Å². The molecule has 2 N–H and O–H groups in total. The number of aromatic amines is 1. The lowest BCUT2D eigenvalue weighted by Gasteiger charge is -2.07. The fourth-order valence-electron chi connectivity index (χ4n) is 2.95. The van der Waals surface area contributed by atoms with Gasteiger partial charge in [-0.05, 0) is 48.9 Å². The van der Waals surface area contributed by atoms with E-state index in [4.69, 9.17) is 4.84 Å². The third kappa shape index (κ3) is 4.14. The summed E-state index contributed by atoms with van der Waals surface area (Å²) in [7, 11) is 0. The Hall–Kier alpha value is -4.00. The zero-order valence-electron chi connectivity index (χ0n) is 15.8. The number of aromatic nitrogens is 3. The van der Waals surface area contributed by atoms with Gasteiger partial charge in [-0.2, -0.15) is 5.10 Å². The summed E-state index contributed by atoms with van der Waals surface area (Å²) in [4.78, 5) is 21.4. The van der Waals surface area contributed by atoms with Gasteiger partial charge in [-0.1, -0.05) is 23.4 Å². The van der Waals surface area contributed by atoms with Gasteiger partial charge in [0.05, 0.1) is 23.0 Å². The van der Waals surface area contributed by atoms with Crippen LogP contribution in [-0.2, 0) is 4.84 Å². The highest BCUT2D eigenvalue weighted by Crippen LogP contribution is 2.28. The number of anilines is 1. The normalized spacial score (nSPS) is 11.1. The standard InChI is InChI=1S/C22H19N5O2/c1-2-29-24-13-15-8-9-20-19(11-15)21(27-26-20)16-5-3-7-18(12-16)25-22(28)17-6-4-10-23-14-17/h3-14H,2H2,1H3,(H,25,28)(H,26,27). The summed E-state index contributed by atoms with van der Waals surface area (Å²) >= 11 is 0. The molecular formula is C22H19N5O2. The van der Waals surface area contributed by atoms with E-state index in [1.165, 1.54) is 6.20 Å². The van der Waals surface area contributed by atoms with E-state index in [1.54, 1.807) is 24.5 Å². The first kappa shape index (κ1) is 18.4. The minimum atomic E-state index is -0.212. The van der Waals surface area contributed by atoms with Crippen LogP contribution < -0.4 is 5.32 Å². The Bertz CT molecular complexity index is 1170. The minimum absolute atomic E-state index is 0.212. The molecule has 0 aliphatic heterocycles. The smallest absolute Gasteiger partial charge is 0.257 e. The van der Waals surface area contributed by atoms with Crippen LogP contribution >= 0.6 is 0 Å². The number of nitrogens with zero attached hydrogens (tertiary/aromatic N) is 3. The second-order valence-corrected chi connectivity index (χ2v) is 6.31. The van der Waals surface area contributed by atoms with Crippen molar-refractivity contribution < 1.29 is 9.63 Å². The van der Waals surface area contributed by atoms with E-state index in [0.717, 1.165) is 27.7 Å². The molecule has 7 heteroatoms. The molecule has 29 heavy (non-hydrogen) atoms. The molecule has 2 aromatic heterocycles. The number of hydrogen-bond acceptors (Lipinski definition) is 5. The number of fused-ring (bicyclic) bond motifs is 1. The van der Waals surface area contributed by atoms with Gasteiger partial charge in [-0.3, -0.25) is 14.9 Å². The largest absolute Gasteiger partial charge is 0.396 e. The molecule has 144 valence electrons. The average Bonchev–Trinajstić information content (AvgIpc) is 3.18. The van der Waals surface area contributed by atoms with Crippen molar-refractivity contribution in [1.82, 2.24) is 15.2 Å². The number of carbonyl (C=O) groups is 1. The molecule has 0 aliphatic carbocycles. The first-order valence-corrected chi connectivity index (χ1v) is 9.20. The van der Waals surface area contributed by atoms with Gasteiger partial charge in [0.1, 0.15) is 6.61 Å². The van der Waals surface area contributed by atoms with Crippen LogP contribution in [0.1, 0.15) is 22.8 Å². The number of nitrogens with one attached hydrogen (secondary N) is 2. The lowest BCUT2D eigenvalue weighted by molar-refractivity contribution is 0.102. The van der Waals surface area contributed by atoms with E-state index in [-0.39, 0.29) is 5.91 Å². The van der Waals surface area contributed by atoms with Gasteiger partial charge < -0.3 is 10.2 Å². The predicted molar refractivity (Wildman–Crippen MR) is 113 cm³/mol. The Kier molecular flexibility index (Phi) is 5.29. The lowest BCUT2D eigenvalue weighted by atomic mass is 10.1. The Labute approximate surface area is 167 Å².